The highest BCUT2D eigenvalue weighted by molar-refractivity contribution is 4.56. The lowest BCUT2D eigenvalue weighted by molar-refractivity contribution is 0.264. The van der Waals surface area contributed by atoms with Gasteiger partial charge in [0.1, 0.15) is 0 Å². The number of hydrogen-bond donors (Lipinski definition) is 1. The van der Waals surface area contributed by atoms with Crippen molar-refractivity contribution in [3.63, 3.8) is 0 Å². The SMILES string of the molecule is CCCN(CCC)CCCCCCCO. The summed E-state index contributed by atoms with van der Waals surface area (Å²) in [7, 11) is 0. The highest BCUT2D eigenvalue weighted by Crippen LogP contribution is 2.04. The Labute approximate surface area is 95.7 Å². The molecule has 0 radical (unpaired) electrons. The molecular weight excluding hydrogens is 186 g/mol. The molecule has 0 heterocycles. The first-order valence-electron chi connectivity index (χ1n) is 6.68. The molecule has 0 amide bonds. The van der Waals surface area contributed by atoms with Crippen LogP contribution in [0.3, 0.4) is 0 Å². The summed E-state index contributed by atoms with van der Waals surface area (Å²) < 4.78 is 0. The summed E-state index contributed by atoms with van der Waals surface area (Å²) in [6, 6.07) is 0. The monoisotopic (exact) mass is 215 g/mol. The Morgan fingerprint density at radius 2 is 1.27 bits per heavy atom. The number of rotatable bonds is 11. The maximum atomic E-state index is 8.64. The predicted molar refractivity (Wildman–Crippen MR) is 67.2 cm³/mol. The molecule has 0 fully saturated rings. The van der Waals surface area contributed by atoms with Gasteiger partial charge in [-0.3, -0.25) is 0 Å². The van der Waals surface area contributed by atoms with Crippen molar-refractivity contribution in [1.29, 1.82) is 0 Å². The van der Waals surface area contributed by atoms with Gasteiger partial charge in [-0.1, -0.05) is 33.1 Å². The van der Waals surface area contributed by atoms with Gasteiger partial charge in [0.2, 0.25) is 0 Å². The van der Waals surface area contributed by atoms with Gasteiger partial charge in [-0.15, -0.1) is 0 Å². The smallest absolute Gasteiger partial charge is 0.0431 e. The Balaban J connectivity index is 3.28. The molecule has 0 aromatic rings. The molecule has 92 valence electrons. The van der Waals surface area contributed by atoms with Crippen LogP contribution in [-0.4, -0.2) is 36.2 Å². The largest absolute Gasteiger partial charge is 0.396 e. The van der Waals surface area contributed by atoms with E-state index in [4.69, 9.17) is 5.11 Å². The zero-order chi connectivity index (χ0) is 11.4. The first kappa shape index (κ1) is 14.9. The van der Waals surface area contributed by atoms with Gasteiger partial charge in [0, 0.05) is 6.61 Å². The second kappa shape index (κ2) is 12.0. The van der Waals surface area contributed by atoms with Gasteiger partial charge in [-0.05, 0) is 45.3 Å². The van der Waals surface area contributed by atoms with Crippen molar-refractivity contribution in [2.45, 2.75) is 58.8 Å². The van der Waals surface area contributed by atoms with Crippen molar-refractivity contribution in [3.05, 3.63) is 0 Å². The van der Waals surface area contributed by atoms with Crippen LogP contribution in [0.2, 0.25) is 0 Å². The molecule has 0 atom stereocenters. The topological polar surface area (TPSA) is 23.5 Å². The number of nitrogens with zero attached hydrogens (tertiary/aromatic N) is 1. The van der Waals surface area contributed by atoms with E-state index in [9.17, 15) is 0 Å². The zero-order valence-corrected chi connectivity index (χ0v) is 10.7. The Bertz CT molecular complexity index is 111. The molecule has 0 saturated carbocycles. The van der Waals surface area contributed by atoms with Crippen LogP contribution in [0.5, 0.6) is 0 Å². The normalized spacial score (nSPS) is 11.2. The molecule has 0 aliphatic carbocycles. The van der Waals surface area contributed by atoms with E-state index in [2.05, 4.69) is 18.7 Å². The molecule has 2 nitrogen and oxygen atoms in total. The standard InChI is InChI=1S/C13H29NO/c1-3-10-14(11-4-2)12-8-6-5-7-9-13-15/h15H,3-13H2,1-2H3. The molecule has 0 spiro atoms. The second-order valence-corrected chi connectivity index (χ2v) is 4.33. The van der Waals surface area contributed by atoms with Crippen LogP contribution in [0.4, 0.5) is 0 Å². The van der Waals surface area contributed by atoms with E-state index in [0.29, 0.717) is 6.61 Å². The number of aliphatic hydroxyl groups excluding tert-OH is 1. The van der Waals surface area contributed by atoms with Gasteiger partial charge in [-0.2, -0.15) is 0 Å². The molecule has 15 heavy (non-hydrogen) atoms. The minimum absolute atomic E-state index is 0.359. The third-order valence-electron chi connectivity index (χ3n) is 2.71. The van der Waals surface area contributed by atoms with Crippen LogP contribution in [0.1, 0.15) is 58.8 Å². The van der Waals surface area contributed by atoms with Crippen LogP contribution >= 0.6 is 0 Å². The van der Waals surface area contributed by atoms with Gasteiger partial charge in [0.25, 0.3) is 0 Å². The summed E-state index contributed by atoms with van der Waals surface area (Å²) >= 11 is 0. The van der Waals surface area contributed by atoms with Crippen molar-refractivity contribution in [2.75, 3.05) is 26.2 Å². The highest BCUT2D eigenvalue weighted by atomic mass is 16.2. The van der Waals surface area contributed by atoms with Crippen molar-refractivity contribution in [1.82, 2.24) is 4.90 Å². The van der Waals surface area contributed by atoms with E-state index in [-0.39, 0.29) is 0 Å². The average molecular weight is 215 g/mol. The Morgan fingerprint density at radius 1 is 0.733 bits per heavy atom. The fourth-order valence-electron chi connectivity index (χ4n) is 1.95. The summed E-state index contributed by atoms with van der Waals surface area (Å²) in [6.45, 7) is 8.64. The number of unbranched alkanes of at least 4 members (excludes halogenated alkanes) is 4. The van der Waals surface area contributed by atoms with Gasteiger partial charge in [0.15, 0.2) is 0 Å². The lowest BCUT2D eigenvalue weighted by Crippen LogP contribution is -2.26. The molecule has 0 saturated heterocycles. The van der Waals surface area contributed by atoms with Crippen LogP contribution in [0, 0.1) is 0 Å². The third kappa shape index (κ3) is 10.2. The molecule has 0 aromatic heterocycles. The van der Waals surface area contributed by atoms with E-state index in [1.54, 1.807) is 0 Å². The summed E-state index contributed by atoms with van der Waals surface area (Å²) in [4.78, 5) is 2.58. The summed E-state index contributed by atoms with van der Waals surface area (Å²) in [5, 5.41) is 8.64. The number of aliphatic hydroxyl groups is 1. The lowest BCUT2D eigenvalue weighted by Gasteiger charge is -2.20. The third-order valence-corrected chi connectivity index (χ3v) is 2.71. The summed E-state index contributed by atoms with van der Waals surface area (Å²) in [5.41, 5.74) is 0. The van der Waals surface area contributed by atoms with Gasteiger partial charge >= 0.3 is 0 Å². The van der Waals surface area contributed by atoms with Crippen LogP contribution in [-0.2, 0) is 0 Å². The molecule has 0 unspecified atom stereocenters. The molecule has 0 aliphatic heterocycles. The molecule has 1 N–H and O–H groups in total. The maximum absolute atomic E-state index is 8.64. The van der Waals surface area contributed by atoms with Crippen molar-refractivity contribution >= 4 is 0 Å². The van der Waals surface area contributed by atoms with Gasteiger partial charge in [-0.25, -0.2) is 0 Å². The van der Waals surface area contributed by atoms with Gasteiger partial charge in [0.05, 0.1) is 0 Å². The van der Waals surface area contributed by atoms with Crippen molar-refractivity contribution < 1.29 is 5.11 Å². The second-order valence-electron chi connectivity index (χ2n) is 4.33. The fraction of sp³-hybridized carbons (Fsp3) is 1.00. The summed E-state index contributed by atoms with van der Waals surface area (Å²) in [6.07, 6.45) is 8.64. The van der Waals surface area contributed by atoms with E-state index in [1.807, 2.05) is 0 Å². The predicted octanol–water partition coefficient (Wildman–Crippen LogP) is 3.05. The van der Waals surface area contributed by atoms with E-state index >= 15 is 0 Å². The molecule has 0 rings (SSSR count). The van der Waals surface area contributed by atoms with Gasteiger partial charge < -0.3 is 10.0 Å². The Kier molecular flexibility index (Phi) is 11.9. The first-order chi connectivity index (χ1) is 7.35. The molecule has 0 aromatic carbocycles. The quantitative estimate of drug-likeness (QED) is 0.535. The van der Waals surface area contributed by atoms with Crippen LogP contribution in [0.15, 0.2) is 0 Å². The minimum Gasteiger partial charge on any atom is -0.396 e. The molecule has 0 aliphatic rings. The maximum Gasteiger partial charge on any atom is 0.0431 e. The average Bonchev–Trinajstić information content (AvgIpc) is 2.24. The Hall–Kier alpha value is -0.0800. The molecular formula is C13H29NO. The zero-order valence-electron chi connectivity index (χ0n) is 10.7. The van der Waals surface area contributed by atoms with Crippen molar-refractivity contribution in [2.24, 2.45) is 0 Å². The molecule has 2 heteroatoms. The van der Waals surface area contributed by atoms with Crippen LogP contribution < -0.4 is 0 Å². The highest BCUT2D eigenvalue weighted by Gasteiger charge is 2.01. The van der Waals surface area contributed by atoms with E-state index < -0.39 is 0 Å². The number of hydrogen-bond acceptors (Lipinski definition) is 2. The fourth-order valence-corrected chi connectivity index (χ4v) is 1.95. The van der Waals surface area contributed by atoms with E-state index in [1.165, 1.54) is 58.2 Å². The summed E-state index contributed by atoms with van der Waals surface area (Å²) in [5.74, 6) is 0. The minimum atomic E-state index is 0.359. The van der Waals surface area contributed by atoms with E-state index in [0.717, 1.165) is 6.42 Å². The molecule has 0 bridgehead atoms. The van der Waals surface area contributed by atoms with Crippen LogP contribution in [0.25, 0.3) is 0 Å². The van der Waals surface area contributed by atoms with Crippen molar-refractivity contribution in [3.8, 4) is 0 Å². The first-order valence-corrected chi connectivity index (χ1v) is 6.68. The Morgan fingerprint density at radius 3 is 1.80 bits per heavy atom. The lowest BCUT2D eigenvalue weighted by atomic mass is 10.1.